The van der Waals surface area contributed by atoms with Gasteiger partial charge >= 0.3 is 0 Å². The van der Waals surface area contributed by atoms with E-state index in [0.29, 0.717) is 12.7 Å². The van der Waals surface area contributed by atoms with Gasteiger partial charge in [0, 0.05) is 5.56 Å². The van der Waals surface area contributed by atoms with Crippen LogP contribution in [0, 0.1) is 11.8 Å². The van der Waals surface area contributed by atoms with Crippen LogP contribution in [0.1, 0.15) is 5.56 Å². The predicted octanol–water partition coefficient (Wildman–Crippen LogP) is 2.01. The zero-order chi connectivity index (χ0) is 9.10. The lowest BCUT2D eigenvalue weighted by Gasteiger charge is -1.94. The molecule has 3 heteroatoms. The molecule has 0 radical (unpaired) electrons. The van der Waals surface area contributed by atoms with E-state index in [1.807, 2.05) is 18.2 Å². The fraction of sp³-hybridized carbons (Fsp3) is 0.200. The monoisotopic (exact) mass is 194 g/mol. The quantitative estimate of drug-likeness (QED) is 0.465. The van der Waals surface area contributed by atoms with Crippen molar-refractivity contribution in [3.8, 4) is 23.3 Å². The molecule has 0 amide bonds. The molecule has 1 aliphatic heterocycles. The number of hydrogen-bond acceptors (Lipinski definition) is 2. The van der Waals surface area contributed by atoms with Gasteiger partial charge in [-0.3, -0.25) is 0 Å². The van der Waals surface area contributed by atoms with E-state index in [2.05, 4.69) is 11.8 Å². The van der Waals surface area contributed by atoms with Gasteiger partial charge in [-0.2, -0.15) is 0 Å². The summed E-state index contributed by atoms with van der Waals surface area (Å²) < 4.78 is 10.4. The van der Waals surface area contributed by atoms with E-state index < -0.39 is 0 Å². The highest BCUT2D eigenvalue weighted by Gasteiger charge is 2.11. The first-order chi connectivity index (χ1) is 6.40. The normalized spacial score (nSPS) is 12.1. The predicted molar refractivity (Wildman–Crippen MR) is 50.2 cm³/mol. The minimum Gasteiger partial charge on any atom is -0.454 e. The van der Waals surface area contributed by atoms with Crippen LogP contribution in [0.3, 0.4) is 0 Å². The van der Waals surface area contributed by atoms with Gasteiger partial charge in [-0.15, -0.1) is 11.6 Å². The summed E-state index contributed by atoms with van der Waals surface area (Å²) in [5.41, 5.74) is 0.893. The van der Waals surface area contributed by atoms with E-state index in [9.17, 15) is 0 Å². The fourth-order valence-corrected chi connectivity index (χ4v) is 1.18. The fourth-order valence-electron chi connectivity index (χ4n) is 1.11. The molecule has 0 saturated heterocycles. The Balaban J connectivity index is 2.31. The summed E-state index contributed by atoms with van der Waals surface area (Å²) >= 11 is 5.44. The van der Waals surface area contributed by atoms with Crippen LogP contribution in [0.25, 0.3) is 0 Å². The lowest BCUT2D eigenvalue weighted by atomic mass is 10.2. The first kappa shape index (κ1) is 8.28. The topological polar surface area (TPSA) is 18.5 Å². The van der Waals surface area contributed by atoms with Crippen molar-refractivity contribution in [2.24, 2.45) is 0 Å². The van der Waals surface area contributed by atoms with Crippen molar-refractivity contribution < 1.29 is 9.47 Å². The molecule has 13 heavy (non-hydrogen) atoms. The Morgan fingerprint density at radius 2 is 2.15 bits per heavy atom. The Morgan fingerprint density at radius 1 is 1.31 bits per heavy atom. The molecule has 2 nitrogen and oxygen atoms in total. The third kappa shape index (κ3) is 1.71. The standard InChI is InChI=1S/C10H7ClO2/c11-5-1-2-8-3-4-9-10(6-8)13-7-12-9/h3-4,6H,5,7H2. The van der Waals surface area contributed by atoms with Crippen molar-refractivity contribution in [3.05, 3.63) is 23.8 Å². The second-order valence-corrected chi connectivity index (χ2v) is 2.77. The molecule has 66 valence electrons. The highest BCUT2D eigenvalue weighted by molar-refractivity contribution is 6.19. The molecule has 1 aromatic carbocycles. The molecule has 0 aliphatic carbocycles. The van der Waals surface area contributed by atoms with Crippen molar-refractivity contribution in [1.82, 2.24) is 0 Å². The minimum atomic E-state index is 0.293. The van der Waals surface area contributed by atoms with Gasteiger partial charge in [0.25, 0.3) is 0 Å². The molecule has 0 aromatic heterocycles. The largest absolute Gasteiger partial charge is 0.454 e. The van der Waals surface area contributed by atoms with E-state index >= 15 is 0 Å². The molecule has 0 atom stereocenters. The number of benzene rings is 1. The number of hydrogen-bond donors (Lipinski definition) is 0. The summed E-state index contributed by atoms with van der Waals surface area (Å²) in [4.78, 5) is 0. The Kier molecular flexibility index (Phi) is 2.29. The molecule has 1 heterocycles. The smallest absolute Gasteiger partial charge is 0.231 e. The van der Waals surface area contributed by atoms with Gasteiger partial charge < -0.3 is 9.47 Å². The average molecular weight is 195 g/mol. The average Bonchev–Trinajstić information content (AvgIpc) is 2.61. The van der Waals surface area contributed by atoms with Crippen molar-refractivity contribution in [2.75, 3.05) is 12.7 Å². The van der Waals surface area contributed by atoms with E-state index in [1.54, 1.807) is 0 Å². The summed E-state index contributed by atoms with van der Waals surface area (Å²) in [6, 6.07) is 5.58. The van der Waals surface area contributed by atoms with Crippen molar-refractivity contribution in [1.29, 1.82) is 0 Å². The Labute approximate surface area is 81.4 Å². The van der Waals surface area contributed by atoms with Crippen LogP contribution in [-0.4, -0.2) is 12.7 Å². The maximum atomic E-state index is 5.44. The summed E-state index contributed by atoms with van der Waals surface area (Å²) in [6.45, 7) is 0.293. The second-order valence-electron chi connectivity index (χ2n) is 2.50. The summed E-state index contributed by atoms with van der Waals surface area (Å²) in [5, 5.41) is 0. The van der Waals surface area contributed by atoms with Gasteiger partial charge in [0.15, 0.2) is 11.5 Å². The number of rotatable bonds is 0. The molecule has 0 spiro atoms. The summed E-state index contributed by atoms with van der Waals surface area (Å²) in [5.74, 6) is 7.55. The Hall–Kier alpha value is -1.33. The Morgan fingerprint density at radius 3 is 3.00 bits per heavy atom. The van der Waals surface area contributed by atoms with Crippen LogP contribution in [-0.2, 0) is 0 Å². The van der Waals surface area contributed by atoms with Crippen LogP contribution < -0.4 is 9.47 Å². The van der Waals surface area contributed by atoms with Crippen LogP contribution in [0.2, 0.25) is 0 Å². The van der Waals surface area contributed by atoms with Crippen molar-refractivity contribution >= 4 is 11.6 Å². The van der Waals surface area contributed by atoms with Gasteiger partial charge in [-0.1, -0.05) is 11.8 Å². The van der Waals surface area contributed by atoms with Crippen LogP contribution >= 0.6 is 11.6 Å². The molecule has 2 rings (SSSR count). The first-order valence-corrected chi connectivity index (χ1v) is 4.38. The van der Waals surface area contributed by atoms with Gasteiger partial charge in [0.2, 0.25) is 6.79 Å². The van der Waals surface area contributed by atoms with Gasteiger partial charge in [0.05, 0.1) is 5.88 Å². The first-order valence-electron chi connectivity index (χ1n) is 3.84. The van der Waals surface area contributed by atoms with Gasteiger partial charge in [-0.05, 0) is 18.2 Å². The summed E-state index contributed by atoms with van der Waals surface area (Å²) in [7, 11) is 0. The molecule has 0 bridgehead atoms. The summed E-state index contributed by atoms with van der Waals surface area (Å²) in [6.07, 6.45) is 0. The lowest BCUT2D eigenvalue weighted by Crippen LogP contribution is -1.92. The van der Waals surface area contributed by atoms with Crippen LogP contribution in [0.5, 0.6) is 11.5 Å². The van der Waals surface area contributed by atoms with Crippen molar-refractivity contribution in [2.45, 2.75) is 0 Å². The third-order valence-electron chi connectivity index (χ3n) is 1.67. The Bertz CT molecular complexity index is 376. The zero-order valence-electron chi connectivity index (χ0n) is 6.84. The number of alkyl halides is 1. The van der Waals surface area contributed by atoms with Gasteiger partial charge in [-0.25, -0.2) is 0 Å². The number of halogens is 1. The minimum absolute atomic E-state index is 0.293. The molecular weight excluding hydrogens is 188 g/mol. The highest BCUT2D eigenvalue weighted by Crippen LogP contribution is 2.32. The molecule has 1 aromatic rings. The molecule has 1 aliphatic rings. The maximum Gasteiger partial charge on any atom is 0.231 e. The van der Waals surface area contributed by atoms with E-state index in [1.165, 1.54) is 0 Å². The molecule has 0 N–H and O–H groups in total. The van der Waals surface area contributed by atoms with Crippen LogP contribution in [0.15, 0.2) is 18.2 Å². The van der Waals surface area contributed by atoms with Gasteiger partial charge in [0.1, 0.15) is 0 Å². The van der Waals surface area contributed by atoms with Crippen LogP contribution in [0.4, 0.5) is 0 Å². The third-order valence-corrected chi connectivity index (χ3v) is 1.81. The zero-order valence-corrected chi connectivity index (χ0v) is 7.60. The number of ether oxygens (including phenoxy) is 2. The molecular formula is C10H7ClO2. The maximum absolute atomic E-state index is 5.44. The lowest BCUT2D eigenvalue weighted by molar-refractivity contribution is 0.174. The van der Waals surface area contributed by atoms with Crippen molar-refractivity contribution in [3.63, 3.8) is 0 Å². The van der Waals surface area contributed by atoms with E-state index in [0.717, 1.165) is 17.1 Å². The number of fused-ring (bicyclic) bond motifs is 1. The second kappa shape index (κ2) is 3.59. The van der Waals surface area contributed by atoms with E-state index in [4.69, 9.17) is 21.1 Å². The molecule has 0 saturated carbocycles. The molecule has 0 unspecified atom stereocenters. The van der Waals surface area contributed by atoms with E-state index in [-0.39, 0.29) is 0 Å². The molecule has 0 fully saturated rings. The SMILES string of the molecule is ClCC#Cc1ccc2c(c1)OCO2. The highest BCUT2D eigenvalue weighted by atomic mass is 35.5.